The Bertz CT molecular complexity index is 523. The van der Waals surface area contributed by atoms with Gasteiger partial charge in [-0.15, -0.1) is 0 Å². The zero-order chi connectivity index (χ0) is 14.9. The Balaban J connectivity index is 2.90. The molecule has 2 N–H and O–H groups in total. The van der Waals surface area contributed by atoms with Gasteiger partial charge in [0.05, 0.1) is 0 Å². The van der Waals surface area contributed by atoms with Crippen molar-refractivity contribution in [1.82, 2.24) is 4.72 Å². The van der Waals surface area contributed by atoms with Gasteiger partial charge in [0.2, 0.25) is 5.09 Å². The van der Waals surface area contributed by atoms with E-state index in [-0.39, 0.29) is 22.9 Å². The first-order valence-electron chi connectivity index (χ1n) is 6.19. The third kappa shape index (κ3) is 4.97. The van der Waals surface area contributed by atoms with Gasteiger partial charge in [-0.05, 0) is 37.8 Å². The van der Waals surface area contributed by atoms with Crippen LogP contribution < -0.4 is 4.72 Å². The van der Waals surface area contributed by atoms with E-state index in [9.17, 15) is 8.42 Å². The second-order valence-corrected chi connectivity index (χ2v) is 8.22. The Hall–Kier alpha value is -0.850. The molecule has 0 bridgehead atoms. The summed E-state index contributed by atoms with van der Waals surface area (Å²) in [5, 5.41) is 8.73. The summed E-state index contributed by atoms with van der Waals surface area (Å²) in [4.78, 5) is 0. The van der Waals surface area contributed by atoms with Crippen molar-refractivity contribution in [2.24, 2.45) is 5.41 Å². The Labute approximate surface area is 115 Å². The van der Waals surface area contributed by atoms with Crippen LogP contribution in [-0.4, -0.2) is 19.1 Å². The fourth-order valence-electron chi connectivity index (χ4n) is 2.36. The number of hydrogen-bond acceptors (Lipinski definition) is 4. The molecular formula is C13H23NO4S. The number of nitrogens with one attached hydrogen (secondary N) is 1. The second kappa shape index (κ2) is 5.26. The molecule has 1 heterocycles. The predicted molar refractivity (Wildman–Crippen MR) is 73.1 cm³/mol. The molecule has 0 aliphatic rings. The summed E-state index contributed by atoms with van der Waals surface area (Å²) in [7, 11) is -3.71. The lowest BCUT2D eigenvalue weighted by Gasteiger charge is -2.32. The molecule has 0 saturated carbocycles. The summed E-state index contributed by atoms with van der Waals surface area (Å²) in [5.41, 5.74) is -0.575. The second-order valence-electron chi connectivity index (χ2n) is 6.61. The minimum absolute atomic E-state index is 0.00540. The summed E-state index contributed by atoms with van der Waals surface area (Å²) >= 11 is 0. The zero-order valence-corrected chi connectivity index (χ0v) is 13.0. The number of aliphatic hydroxyl groups excluding tert-OH is 1. The Morgan fingerprint density at radius 1 is 1.21 bits per heavy atom. The fraction of sp³-hybridized carbons (Fsp3) is 0.692. The lowest BCUT2D eigenvalue weighted by atomic mass is 9.82. The lowest BCUT2D eigenvalue weighted by molar-refractivity contribution is 0.235. The molecule has 5 nitrogen and oxygen atoms in total. The van der Waals surface area contributed by atoms with Crippen molar-refractivity contribution in [2.45, 2.75) is 58.3 Å². The SMILES string of the molecule is CC(C)(C)CC(C)(C)NS(=O)(=O)c1ccc(CO)o1. The van der Waals surface area contributed by atoms with E-state index in [1.165, 1.54) is 12.1 Å². The van der Waals surface area contributed by atoms with E-state index in [1.54, 1.807) is 0 Å². The Morgan fingerprint density at radius 2 is 1.79 bits per heavy atom. The van der Waals surface area contributed by atoms with Crippen molar-refractivity contribution in [3.8, 4) is 0 Å². The largest absolute Gasteiger partial charge is 0.446 e. The summed E-state index contributed by atoms with van der Waals surface area (Å²) < 4.78 is 32.1. The molecular weight excluding hydrogens is 266 g/mol. The van der Waals surface area contributed by atoms with Gasteiger partial charge in [-0.3, -0.25) is 0 Å². The first kappa shape index (κ1) is 16.2. The van der Waals surface area contributed by atoms with Gasteiger partial charge in [0.25, 0.3) is 10.0 Å². The quantitative estimate of drug-likeness (QED) is 0.871. The summed E-state index contributed by atoms with van der Waals surface area (Å²) in [6.45, 7) is 9.53. The topological polar surface area (TPSA) is 79.5 Å². The molecule has 0 aromatic carbocycles. The average Bonchev–Trinajstić information content (AvgIpc) is 2.59. The molecule has 1 aromatic rings. The van der Waals surface area contributed by atoms with Crippen LogP contribution in [0.2, 0.25) is 0 Å². The molecule has 0 radical (unpaired) electrons. The number of rotatable bonds is 5. The first-order valence-corrected chi connectivity index (χ1v) is 7.67. The summed E-state index contributed by atoms with van der Waals surface area (Å²) in [6.07, 6.45) is 0.687. The van der Waals surface area contributed by atoms with Crippen LogP contribution in [0.25, 0.3) is 0 Å². The van der Waals surface area contributed by atoms with Gasteiger partial charge in [-0.25, -0.2) is 13.1 Å². The van der Waals surface area contributed by atoms with Crippen LogP contribution in [0.1, 0.15) is 46.8 Å². The molecule has 0 spiro atoms. The molecule has 6 heteroatoms. The highest BCUT2D eigenvalue weighted by molar-refractivity contribution is 7.89. The third-order valence-electron chi connectivity index (χ3n) is 2.44. The van der Waals surface area contributed by atoms with Crippen LogP contribution in [0, 0.1) is 5.41 Å². The normalized spacial score (nSPS) is 13.8. The van der Waals surface area contributed by atoms with Crippen molar-refractivity contribution in [3.63, 3.8) is 0 Å². The molecule has 1 rings (SSSR count). The standard InChI is InChI=1S/C13H23NO4S/c1-12(2,3)9-13(4,5)14-19(16,17)11-7-6-10(8-15)18-11/h6-7,14-15H,8-9H2,1-5H3. The molecule has 0 unspecified atom stereocenters. The highest BCUT2D eigenvalue weighted by Gasteiger charge is 2.31. The molecule has 0 saturated heterocycles. The zero-order valence-electron chi connectivity index (χ0n) is 12.1. The van der Waals surface area contributed by atoms with Crippen LogP contribution >= 0.6 is 0 Å². The predicted octanol–water partition coefficient (Wildman–Crippen LogP) is 2.27. The van der Waals surface area contributed by atoms with E-state index in [2.05, 4.69) is 25.5 Å². The fourth-order valence-corrected chi connectivity index (χ4v) is 3.73. The highest BCUT2D eigenvalue weighted by atomic mass is 32.2. The van der Waals surface area contributed by atoms with Crippen molar-refractivity contribution in [2.75, 3.05) is 0 Å². The Kier molecular flexibility index (Phi) is 4.49. The summed E-state index contributed by atoms with van der Waals surface area (Å²) in [5.74, 6) is 0.231. The van der Waals surface area contributed by atoms with Crippen molar-refractivity contribution >= 4 is 10.0 Å². The van der Waals surface area contributed by atoms with Crippen LogP contribution in [0.5, 0.6) is 0 Å². The van der Waals surface area contributed by atoms with E-state index in [1.807, 2.05) is 13.8 Å². The first-order chi connectivity index (χ1) is 8.45. The van der Waals surface area contributed by atoms with Crippen molar-refractivity contribution in [3.05, 3.63) is 17.9 Å². The minimum atomic E-state index is -3.71. The van der Waals surface area contributed by atoms with Gasteiger partial charge in [0.1, 0.15) is 12.4 Å². The van der Waals surface area contributed by atoms with Gasteiger partial charge in [-0.2, -0.15) is 0 Å². The Morgan fingerprint density at radius 3 is 2.21 bits per heavy atom. The number of aliphatic hydroxyl groups is 1. The number of hydrogen-bond donors (Lipinski definition) is 2. The van der Waals surface area contributed by atoms with Crippen LogP contribution in [0.15, 0.2) is 21.6 Å². The van der Waals surface area contributed by atoms with E-state index in [0.717, 1.165) is 0 Å². The van der Waals surface area contributed by atoms with Gasteiger partial charge in [0.15, 0.2) is 0 Å². The maximum absolute atomic E-state index is 12.2. The van der Waals surface area contributed by atoms with E-state index in [0.29, 0.717) is 6.42 Å². The van der Waals surface area contributed by atoms with E-state index < -0.39 is 15.6 Å². The number of furan rings is 1. The molecule has 0 fully saturated rings. The maximum atomic E-state index is 12.2. The molecule has 110 valence electrons. The number of sulfonamides is 1. The molecule has 0 aliphatic heterocycles. The van der Waals surface area contributed by atoms with Gasteiger partial charge in [0, 0.05) is 5.54 Å². The van der Waals surface area contributed by atoms with Crippen LogP contribution in [-0.2, 0) is 16.6 Å². The minimum Gasteiger partial charge on any atom is -0.446 e. The van der Waals surface area contributed by atoms with E-state index >= 15 is 0 Å². The highest BCUT2D eigenvalue weighted by Crippen LogP contribution is 2.28. The van der Waals surface area contributed by atoms with E-state index in [4.69, 9.17) is 9.52 Å². The van der Waals surface area contributed by atoms with Gasteiger partial charge in [-0.1, -0.05) is 20.8 Å². The van der Waals surface area contributed by atoms with Crippen LogP contribution in [0.4, 0.5) is 0 Å². The molecule has 19 heavy (non-hydrogen) atoms. The molecule has 1 aromatic heterocycles. The summed E-state index contributed by atoms with van der Waals surface area (Å²) in [6, 6.07) is 2.80. The van der Waals surface area contributed by atoms with Crippen molar-refractivity contribution < 1.29 is 17.9 Å². The lowest BCUT2D eigenvalue weighted by Crippen LogP contribution is -2.45. The maximum Gasteiger partial charge on any atom is 0.274 e. The molecule has 0 aliphatic carbocycles. The molecule has 0 atom stereocenters. The van der Waals surface area contributed by atoms with Gasteiger partial charge >= 0.3 is 0 Å². The molecule has 0 amide bonds. The monoisotopic (exact) mass is 289 g/mol. The average molecular weight is 289 g/mol. The van der Waals surface area contributed by atoms with Crippen molar-refractivity contribution in [1.29, 1.82) is 0 Å². The van der Waals surface area contributed by atoms with Gasteiger partial charge < -0.3 is 9.52 Å². The third-order valence-corrected chi connectivity index (χ3v) is 4.01. The van der Waals surface area contributed by atoms with Crippen LogP contribution in [0.3, 0.4) is 0 Å². The smallest absolute Gasteiger partial charge is 0.274 e.